The predicted octanol–water partition coefficient (Wildman–Crippen LogP) is 3.66. The Morgan fingerprint density at radius 1 is 1.04 bits per heavy atom. The van der Waals surface area contributed by atoms with Gasteiger partial charge in [-0.15, -0.1) is 0 Å². The SMILES string of the molecule is Cc1ccc(S(=O)(=O)Nc2ccc(C3(C(=O)NC(C)C)CC3)cc2)c(C)c1. The Bertz CT molecular complexity index is 959. The molecule has 1 fully saturated rings. The molecule has 0 spiro atoms. The molecular weight excluding hydrogens is 360 g/mol. The van der Waals surface area contributed by atoms with Crippen molar-refractivity contribution >= 4 is 21.6 Å². The van der Waals surface area contributed by atoms with Crippen LogP contribution in [0.3, 0.4) is 0 Å². The number of amides is 1. The summed E-state index contributed by atoms with van der Waals surface area (Å²) in [6, 6.07) is 12.5. The molecule has 0 saturated heterocycles. The lowest BCUT2D eigenvalue weighted by Gasteiger charge is -2.18. The van der Waals surface area contributed by atoms with E-state index in [1.807, 2.05) is 39.0 Å². The van der Waals surface area contributed by atoms with Crippen molar-refractivity contribution in [2.45, 2.75) is 56.9 Å². The van der Waals surface area contributed by atoms with E-state index in [0.717, 1.165) is 24.0 Å². The molecule has 0 heterocycles. The van der Waals surface area contributed by atoms with E-state index in [-0.39, 0.29) is 16.8 Å². The third kappa shape index (κ3) is 4.00. The van der Waals surface area contributed by atoms with Gasteiger partial charge in [-0.2, -0.15) is 0 Å². The molecule has 2 aromatic rings. The van der Waals surface area contributed by atoms with E-state index in [2.05, 4.69) is 10.0 Å². The molecule has 6 heteroatoms. The van der Waals surface area contributed by atoms with Gasteiger partial charge in [-0.1, -0.05) is 29.8 Å². The van der Waals surface area contributed by atoms with Crippen LogP contribution in [0.1, 0.15) is 43.4 Å². The number of rotatable bonds is 6. The molecule has 27 heavy (non-hydrogen) atoms. The molecule has 1 aliphatic rings. The number of nitrogens with one attached hydrogen (secondary N) is 2. The monoisotopic (exact) mass is 386 g/mol. The van der Waals surface area contributed by atoms with Gasteiger partial charge in [0, 0.05) is 11.7 Å². The second-order valence-corrected chi connectivity index (χ2v) is 9.31. The molecule has 5 nitrogen and oxygen atoms in total. The van der Waals surface area contributed by atoms with Crippen LogP contribution in [0.5, 0.6) is 0 Å². The van der Waals surface area contributed by atoms with Crippen LogP contribution in [-0.4, -0.2) is 20.4 Å². The Hall–Kier alpha value is -2.34. The minimum Gasteiger partial charge on any atom is -0.353 e. The highest BCUT2D eigenvalue weighted by Crippen LogP contribution is 2.48. The number of carbonyl (C=O) groups is 1. The van der Waals surface area contributed by atoms with Gasteiger partial charge in [0.15, 0.2) is 0 Å². The number of aryl methyl sites for hydroxylation is 2. The Labute approximate surface area is 161 Å². The van der Waals surface area contributed by atoms with Gasteiger partial charge in [-0.3, -0.25) is 9.52 Å². The van der Waals surface area contributed by atoms with E-state index in [9.17, 15) is 13.2 Å². The quantitative estimate of drug-likeness (QED) is 0.795. The molecule has 1 aliphatic carbocycles. The molecule has 0 atom stereocenters. The molecule has 0 aliphatic heterocycles. The second kappa shape index (κ2) is 7.00. The zero-order valence-corrected chi connectivity index (χ0v) is 17.0. The first-order valence-electron chi connectivity index (χ1n) is 9.16. The molecule has 144 valence electrons. The van der Waals surface area contributed by atoms with Crippen LogP contribution in [0, 0.1) is 13.8 Å². The van der Waals surface area contributed by atoms with E-state index < -0.39 is 15.4 Å². The summed E-state index contributed by atoms with van der Waals surface area (Å²) >= 11 is 0. The molecule has 0 radical (unpaired) electrons. The van der Waals surface area contributed by atoms with Gasteiger partial charge >= 0.3 is 0 Å². The van der Waals surface area contributed by atoms with Crippen molar-refractivity contribution in [1.82, 2.24) is 5.32 Å². The smallest absolute Gasteiger partial charge is 0.262 e. The summed E-state index contributed by atoms with van der Waals surface area (Å²) in [6.45, 7) is 7.60. The van der Waals surface area contributed by atoms with Crippen LogP contribution >= 0.6 is 0 Å². The minimum atomic E-state index is -3.65. The van der Waals surface area contributed by atoms with Crippen LogP contribution in [0.15, 0.2) is 47.4 Å². The summed E-state index contributed by atoms with van der Waals surface area (Å²) in [5.41, 5.74) is 2.68. The van der Waals surface area contributed by atoms with Gasteiger partial charge in [0.2, 0.25) is 5.91 Å². The van der Waals surface area contributed by atoms with Crippen molar-refractivity contribution in [1.29, 1.82) is 0 Å². The fraction of sp³-hybridized carbons (Fsp3) is 0.381. The van der Waals surface area contributed by atoms with E-state index >= 15 is 0 Å². The fourth-order valence-electron chi connectivity index (χ4n) is 3.34. The zero-order chi connectivity index (χ0) is 19.8. The van der Waals surface area contributed by atoms with E-state index in [1.54, 1.807) is 31.2 Å². The lowest BCUT2D eigenvalue weighted by atomic mass is 9.94. The largest absolute Gasteiger partial charge is 0.353 e. The Morgan fingerprint density at radius 2 is 1.67 bits per heavy atom. The fourth-order valence-corrected chi connectivity index (χ4v) is 4.63. The van der Waals surface area contributed by atoms with Gasteiger partial charge in [-0.25, -0.2) is 8.42 Å². The Kier molecular flexibility index (Phi) is 5.04. The first kappa shape index (κ1) is 19.4. The summed E-state index contributed by atoms with van der Waals surface area (Å²) in [4.78, 5) is 12.7. The zero-order valence-electron chi connectivity index (χ0n) is 16.2. The van der Waals surface area contributed by atoms with E-state index in [0.29, 0.717) is 11.3 Å². The number of anilines is 1. The molecule has 2 aromatic carbocycles. The highest BCUT2D eigenvalue weighted by atomic mass is 32.2. The van der Waals surface area contributed by atoms with Crippen LogP contribution in [-0.2, 0) is 20.2 Å². The topological polar surface area (TPSA) is 75.3 Å². The van der Waals surface area contributed by atoms with Crippen LogP contribution in [0.25, 0.3) is 0 Å². The predicted molar refractivity (Wildman–Crippen MR) is 107 cm³/mol. The van der Waals surface area contributed by atoms with E-state index in [4.69, 9.17) is 0 Å². The average Bonchev–Trinajstić information content (AvgIpc) is 3.36. The highest BCUT2D eigenvalue weighted by Gasteiger charge is 2.51. The molecule has 0 aromatic heterocycles. The maximum Gasteiger partial charge on any atom is 0.262 e. The van der Waals surface area contributed by atoms with Crippen LogP contribution in [0.2, 0.25) is 0 Å². The molecule has 2 N–H and O–H groups in total. The van der Waals surface area contributed by atoms with Crippen LogP contribution < -0.4 is 10.0 Å². The van der Waals surface area contributed by atoms with Crippen molar-refractivity contribution in [3.8, 4) is 0 Å². The number of carbonyl (C=O) groups excluding carboxylic acids is 1. The molecule has 0 bridgehead atoms. The van der Waals surface area contributed by atoms with Crippen molar-refractivity contribution in [3.63, 3.8) is 0 Å². The summed E-state index contributed by atoms with van der Waals surface area (Å²) in [6.07, 6.45) is 1.64. The average molecular weight is 387 g/mol. The van der Waals surface area contributed by atoms with Crippen LogP contribution in [0.4, 0.5) is 5.69 Å². The van der Waals surface area contributed by atoms with Gasteiger partial charge in [-0.05, 0) is 69.9 Å². The van der Waals surface area contributed by atoms with Gasteiger partial charge in [0.05, 0.1) is 10.3 Å². The summed E-state index contributed by atoms with van der Waals surface area (Å²) in [7, 11) is -3.65. The lowest BCUT2D eigenvalue weighted by molar-refractivity contribution is -0.124. The molecule has 0 unspecified atom stereocenters. The van der Waals surface area contributed by atoms with Crippen molar-refractivity contribution < 1.29 is 13.2 Å². The third-order valence-corrected chi connectivity index (χ3v) is 6.46. The normalized spacial score (nSPS) is 15.4. The number of hydrogen-bond acceptors (Lipinski definition) is 3. The summed E-state index contributed by atoms with van der Waals surface area (Å²) in [5.74, 6) is 0.0427. The Balaban J connectivity index is 1.79. The molecular formula is C21H26N2O3S. The number of benzene rings is 2. The van der Waals surface area contributed by atoms with Crippen molar-refractivity contribution in [2.24, 2.45) is 0 Å². The number of sulfonamides is 1. The first-order valence-corrected chi connectivity index (χ1v) is 10.6. The lowest BCUT2D eigenvalue weighted by Crippen LogP contribution is -2.38. The molecule has 1 amide bonds. The summed E-state index contributed by atoms with van der Waals surface area (Å²) < 4.78 is 28.0. The first-order chi connectivity index (χ1) is 12.6. The molecule has 1 saturated carbocycles. The van der Waals surface area contributed by atoms with Crippen molar-refractivity contribution in [2.75, 3.05) is 4.72 Å². The number of hydrogen-bond donors (Lipinski definition) is 2. The standard InChI is InChI=1S/C21H26N2O3S/c1-14(2)22-20(24)21(11-12-21)17-6-8-18(9-7-17)23-27(25,26)19-10-5-15(3)13-16(19)4/h5-10,13-14,23H,11-12H2,1-4H3,(H,22,24). The third-order valence-electron chi connectivity index (χ3n) is 4.91. The van der Waals surface area contributed by atoms with E-state index in [1.165, 1.54) is 0 Å². The van der Waals surface area contributed by atoms with Gasteiger partial charge in [0.25, 0.3) is 10.0 Å². The van der Waals surface area contributed by atoms with Gasteiger partial charge < -0.3 is 5.32 Å². The molecule has 3 rings (SSSR count). The minimum absolute atomic E-state index is 0.0427. The summed E-state index contributed by atoms with van der Waals surface area (Å²) in [5, 5.41) is 2.98. The highest BCUT2D eigenvalue weighted by molar-refractivity contribution is 7.92. The van der Waals surface area contributed by atoms with Gasteiger partial charge in [0.1, 0.15) is 0 Å². The maximum absolute atomic E-state index is 12.7. The maximum atomic E-state index is 12.7. The van der Waals surface area contributed by atoms with Crippen molar-refractivity contribution in [3.05, 3.63) is 59.2 Å². The second-order valence-electron chi connectivity index (χ2n) is 7.66. The Morgan fingerprint density at radius 3 is 2.19 bits per heavy atom.